The van der Waals surface area contributed by atoms with E-state index in [4.69, 9.17) is 5.73 Å². The quantitative estimate of drug-likeness (QED) is 0.648. The van der Waals surface area contributed by atoms with E-state index in [9.17, 15) is 13.2 Å². The Morgan fingerprint density at radius 2 is 1.85 bits per heavy atom. The highest BCUT2D eigenvalue weighted by atomic mass is 19.4. The van der Waals surface area contributed by atoms with Gasteiger partial charge in [0.25, 0.3) is 0 Å². The number of aromatic nitrogens is 3. The molecule has 0 unspecified atom stereocenters. The first kappa shape index (κ1) is 18.9. The van der Waals surface area contributed by atoms with Gasteiger partial charge in [0, 0.05) is 23.3 Å². The Balaban J connectivity index is 1.95. The molecule has 2 aromatic heterocycles. The van der Waals surface area contributed by atoms with Crippen molar-refractivity contribution in [2.75, 3.05) is 11.1 Å². The summed E-state index contributed by atoms with van der Waals surface area (Å²) in [5, 5.41) is 3.89. The number of aryl methyl sites for hydroxylation is 1. The molecule has 0 atom stereocenters. The van der Waals surface area contributed by atoms with Crippen molar-refractivity contribution < 1.29 is 13.2 Å². The van der Waals surface area contributed by atoms with Gasteiger partial charge in [-0.2, -0.15) is 13.2 Å². The Morgan fingerprint density at radius 3 is 2.52 bits per heavy atom. The molecule has 0 aliphatic heterocycles. The fourth-order valence-electron chi connectivity index (χ4n) is 2.78. The van der Waals surface area contributed by atoms with Gasteiger partial charge in [0.2, 0.25) is 0 Å². The van der Waals surface area contributed by atoms with Gasteiger partial charge in [-0.25, -0.2) is 9.97 Å². The maximum Gasteiger partial charge on any atom is 0.416 e. The molecule has 0 fully saturated rings. The molecule has 0 saturated heterocycles. The summed E-state index contributed by atoms with van der Waals surface area (Å²) in [5.41, 5.74) is 6.92. The van der Waals surface area contributed by atoms with Crippen molar-refractivity contribution in [3.63, 3.8) is 0 Å². The largest absolute Gasteiger partial charge is 0.416 e. The standard InChI is InChI=1S/C19H20F3N5/c1-10(2)16-7-15-17(9-24-16)26-11(3)27-18(15)25-8-12-4-13(19(20,21)22)6-14(23)5-12/h4-7,9-10H,8,23H2,1-3H3,(H,25,26,27). The van der Waals surface area contributed by atoms with Gasteiger partial charge < -0.3 is 11.1 Å². The number of hydrogen-bond acceptors (Lipinski definition) is 5. The maximum absolute atomic E-state index is 13.0. The number of hydrogen-bond donors (Lipinski definition) is 2. The molecule has 3 N–H and O–H groups in total. The molecule has 0 aliphatic carbocycles. The Kier molecular flexibility index (Phi) is 4.91. The third-order valence-electron chi connectivity index (χ3n) is 4.11. The number of alkyl halides is 3. The summed E-state index contributed by atoms with van der Waals surface area (Å²) < 4.78 is 39.0. The molecule has 5 nitrogen and oxygen atoms in total. The summed E-state index contributed by atoms with van der Waals surface area (Å²) in [6.45, 7) is 5.96. The van der Waals surface area contributed by atoms with E-state index >= 15 is 0 Å². The van der Waals surface area contributed by atoms with Crippen molar-refractivity contribution in [2.45, 2.75) is 39.4 Å². The Bertz CT molecular complexity index is 983. The van der Waals surface area contributed by atoms with Crippen LogP contribution >= 0.6 is 0 Å². The number of nitrogens with zero attached hydrogens (tertiary/aromatic N) is 3. The molecule has 0 saturated carbocycles. The molecule has 8 heteroatoms. The lowest BCUT2D eigenvalue weighted by molar-refractivity contribution is -0.137. The number of pyridine rings is 1. The monoisotopic (exact) mass is 375 g/mol. The third-order valence-corrected chi connectivity index (χ3v) is 4.11. The summed E-state index contributed by atoms with van der Waals surface area (Å²) >= 11 is 0. The van der Waals surface area contributed by atoms with Crippen LogP contribution in [0.1, 0.15) is 42.4 Å². The average Bonchev–Trinajstić information content (AvgIpc) is 2.57. The van der Waals surface area contributed by atoms with E-state index in [-0.39, 0.29) is 18.2 Å². The van der Waals surface area contributed by atoms with Crippen molar-refractivity contribution in [3.05, 3.63) is 53.1 Å². The SMILES string of the molecule is Cc1nc(NCc2cc(N)cc(C(F)(F)F)c2)c2cc(C(C)C)ncc2n1. The van der Waals surface area contributed by atoms with Crippen LogP contribution in [0.4, 0.5) is 24.7 Å². The van der Waals surface area contributed by atoms with Crippen LogP contribution in [0.3, 0.4) is 0 Å². The van der Waals surface area contributed by atoms with E-state index in [1.807, 2.05) is 19.9 Å². The number of nitrogens with one attached hydrogen (secondary N) is 1. The van der Waals surface area contributed by atoms with Gasteiger partial charge in [-0.1, -0.05) is 13.8 Å². The van der Waals surface area contributed by atoms with Crippen LogP contribution in [0.15, 0.2) is 30.5 Å². The lowest BCUT2D eigenvalue weighted by atomic mass is 10.1. The fraction of sp³-hybridized carbons (Fsp3) is 0.316. The van der Waals surface area contributed by atoms with E-state index in [0.29, 0.717) is 22.7 Å². The van der Waals surface area contributed by atoms with Crippen LogP contribution in [0.25, 0.3) is 10.9 Å². The molecule has 1 aromatic carbocycles. The van der Waals surface area contributed by atoms with Crippen molar-refractivity contribution >= 4 is 22.4 Å². The third kappa shape index (κ3) is 4.27. The van der Waals surface area contributed by atoms with Crippen molar-refractivity contribution in [3.8, 4) is 0 Å². The first-order valence-corrected chi connectivity index (χ1v) is 8.48. The number of benzene rings is 1. The first-order valence-electron chi connectivity index (χ1n) is 8.48. The molecule has 0 spiro atoms. The zero-order chi connectivity index (χ0) is 19.8. The number of fused-ring (bicyclic) bond motifs is 1. The van der Waals surface area contributed by atoms with Gasteiger partial charge in [0.05, 0.1) is 17.3 Å². The van der Waals surface area contributed by atoms with Crippen molar-refractivity contribution in [1.29, 1.82) is 0 Å². The second kappa shape index (κ2) is 7.02. The molecule has 0 bridgehead atoms. The highest BCUT2D eigenvalue weighted by molar-refractivity contribution is 5.88. The smallest absolute Gasteiger partial charge is 0.399 e. The number of halogens is 3. The van der Waals surface area contributed by atoms with E-state index in [2.05, 4.69) is 20.3 Å². The lowest BCUT2D eigenvalue weighted by Gasteiger charge is -2.13. The van der Waals surface area contributed by atoms with Gasteiger partial charge in [0.1, 0.15) is 11.6 Å². The molecule has 2 heterocycles. The molecule has 3 aromatic rings. The number of nitrogens with two attached hydrogens (primary N) is 1. The first-order chi connectivity index (χ1) is 12.6. The second-order valence-electron chi connectivity index (χ2n) is 6.72. The molecule has 0 radical (unpaired) electrons. The molecule has 27 heavy (non-hydrogen) atoms. The van der Waals surface area contributed by atoms with Crippen LogP contribution in [-0.4, -0.2) is 15.0 Å². The zero-order valence-corrected chi connectivity index (χ0v) is 15.2. The topological polar surface area (TPSA) is 76.7 Å². The Labute approximate surface area is 154 Å². The van der Waals surface area contributed by atoms with Crippen molar-refractivity contribution in [1.82, 2.24) is 15.0 Å². The minimum Gasteiger partial charge on any atom is -0.399 e. The predicted molar refractivity (Wildman–Crippen MR) is 99.3 cm³/mol. The van der Waals surface area contributed by atoms with Crippen LogP contribution in [0.5, 0.6) is 0 Å². The minimum absolute atomic E-state index is 0.0663. The number of nitrogen functional groups attached to an aromatic ring is 1. The highest BCUT2D eigenvalue weighted by Gasteiger charge is 2.31. The van der Waals surface area contributed by atoms with Crippen LogP contribution in [0, 0.1) is 6.92 Å². The summed E-state index contributed by atoms with van der Waals surface area (Å²) in [4.78, 5) is 13.2. The van der Waals surface area contributed by atoms with Gasteiger partial charge >= 0.3 is 6.18 Å². The van der Waals surface area contributed by atoms with Gasteiger partial charge in [-0.05, 0) is 42.7 Å². The number of anilines is 2. The van der Waals surface area contributed by atoms with E-state index in [1.165, 1.54) is 6.07 Å². The van der Waals surface area contributed by atoms with Gasteiger partial charge in [-0.15, -0.1) is 0 Å². The minimum atomic E-state index is -4.44. The van der Waals surface area contributed by atoms with E-state index in [1.54, 1.807) is 13.1 Å². The van der Waals surface area contributed by atoms with Crippen LogP contribution < -0.4 is 11.1 Å². The van der Waals surface area contributed by atoms with Gasteiger partial charge in [-0.3, -0.25) is 4.98 Å². The normalized spacial score (nSPS) is 12.0. The predicted octanol–water partition coefficient (Wildman–Crippen LogP) is 4.67. The lowest BCUT2D eigenvalue weighted by Crippen LogP contribution is -2.09. The summed E-state index contributed by atoms with van der Waals surface area (Å²) in [6, 6.07) is 5.43. The summed E-state index contributed by atoms with van der Waals surface area (Å²) in [6.07, 6.45) is -2.76. The molecule has 3 rings (SSSR count). The zero-order valence-electron chi connectivity index (χ0n) is 15.2. The number of rotatable bonds is 4. The Morgan fingerprint density at radius 1 is 1.11 bits per heavy atom. The summed E-state index contributed by atoms with van der Waals surface area (Å²) in [5.74, 6) is 1.33. The molecule has 142 valence electrons. The van der Waals surface area contributed by atoms with Crippen LogP contribution in [-0.2, 0) is 12.7 Å². The van der Waals surface area contributed by atoms with E-state index < -0.39 is 11.7 Å². The van der Waals surface area contributed by atoms with Gasteiger partial charge in [0.15, 0.2) is 0 Å². The second-order valence-corrected chi connectivity index (χ2v) is 6.72. The average molecular weight is 375 g/mol. The molecular weight excluding hydrogens is 355 g/mol. The Hall–Kier alpha value is -2.90. The maximum atomic E-state index is 13.0. The van der Waals surface area contributed by atoms with Crippen LogP contribution in [0.2, 0.25) is 0 Å². The highest BCUT2D eigenvalue weighted by Crippen LogP contribution is 2.31. The molecule has 0 aliphatic rings. The van der Waals surface area contributed by atoms with Crippen molar-refractivity contribution in [2.24, 2.45) is 0 Å². The fourth-order valence-corrected chi connectivity index (χ4v) is 2.78. The van der Waals surface area contributed by atoms with E-state index in [0.717, 1.165) is 23.2 Å². The molecule has 0 amide bonds. The molecular formula is C19H20F3N5. The summed E-state index contributed by atoms with van der Waals surface area (Å²) in [7, 11) is 0.